The maximum atomic E-state index is 12.5. The number of hydrogen-bond acceptors (Lipinski definition) is 2. The number of nitrogens with one attached hydrogen (secondary N) is 1. The van der Waals surface area contributed by atoms with Crippen molar-refractivity contribution < 1.29 is 9.59 Å². The zero-order valence-corrected chi connectivity index (χ0v) is 15.0. The third kappa shape index (κ3) is 3.51. The average molecular weight is 387 g/mol. The summed E-state index contributed by atoms with van der Waals surface area (Å²) < 4.78 is 0.839. The summed E-state index contributed by atoms with van der Waals surface area (Å²) in [7, 11) is 0. The van der Waals surface area contributed by atoms with Crippen molar-refractivity contribution in [3.63, 3.8) is 0 Å². The van der Waals surface area contributed by atoms with Gasteiger partial charge in [-0.05, 0) is 45.6 Å². The van der Waals surface area contributed by atoms with Gasteiger partial charge < -0.3 is 10.2 Å². The number of fused-ring (bicyclic) bond motifs is 1. The first-order valence-electron chi connectivity index (χ1n) is 7.95. The van der Waals surface area contributed by atoms with Gasteiger partial charge >= 0.3 is 0 Å². The minimum atomic E-state index is -0.213. The van der Waals surface area contributed by atoms with Crippen LogP contribution in [0.4, 0.5) is 5.69 Å². The summed E-state index contributed by atoms with van der Waals surface area (Å²) >= 11 is 3.43. The molecule has 3 rings (SSSR count). The molecular weight excluding hydrogens is 368 g/mol. The van der Waals surface area contributed by atoms with E-state index in [1.54, 1.807) is 11.8 Å². The van der Waals surface area contributed by atoms with Crippen LogP contribution >= 0.6 is 15.9 Å². The molecule has 1 N–H and O–H groups in total. The van der Waals surface area contributed by atoms with Crippen molar-refractivity contribution >= 4 is 33.4 Å². The molecule has 0 saturated carbocycles. The summed E-state index contributed by atoms with van der Waals surface area (Å²) in [6, 6.07) is 15.3. The topological polar surface area (TPSA) is 49.4 Å². The van der Waals surface area contributed by atoms with Crippen LogP contribution in [0.1, 0.15) is 30.5 Å². The van der Waals surface area contributed by atoms with Gasteiger partial charge in [0.1, 0.15) is 0 Å². The van der Waals surface area contributed by atoms with Crippen LogP contribution in [0, 0.1) is 0 Å². The zero-order valence-electron chi connectivity index (χ0n) is 13.5. The van der Waals surface area contributed by atoms with Crippen LogP contribution in [0.5, 0.6) is 0 Å². The molecule has 1 unspecified atom stereocenters. The summed E-state index contributed by atoms with van der Waals surface area (Å²) in [5.41, 5.74) is 3.02. The quantitative estimate of drug-likeness (QED) is 0.868. The van der Waals surface area contributed by atoms with E-state index in [1.807, 2.05) is 42.5 Å². The Morgan fingerprint density at radius 2 is 1.88 bits per heavy atom. The Morgan fingerprint density at radius 3 is 2.62 bits per heavy atom. The Bertz CT molecular complexity index is 775. The first kappa shape index (κ1) is 16.7. The smallest absolute Gasteiger partial charge is 0.226 e. The molecule has 0 saturated heterocycles. The highest BCUT2D eigenvalue weighted by molar-refractivity contribution is 9.10. The number of hydrogen-bond donors (Lipinski definition) is 1. The van der Waals surface area contributed by atoms with E-state index in [-0.39, 0.29) is 24.3 Å². The van der Waals surface area contributed by atoms with Crippen molar-refractivity contribution in [2.45, 2.75) is 25.8 Å². The molecule has 2 aromatic carbocycles. The highest BCUT2D eigenvalue weighted by Gasteiger charge is 2.30. The second-order valence-corrected chi connectivity index (χ2v) is 6.76. The summed E-state index contributed by atoms with van der Waals surface area (Å²) in [5, 5.41) is 2.92. The minimum Gasteiger partial charge on any atom is -0.335 e. The van der Waals surface area contributed by atoms with Gasteiger partial charge in [0.2, 0.25) is 11.8 Å². The largest absolute Gasteiger partial charge is 0.335 e. The van der Waals surface area contributed by atoms with Gasteiger partial charge in [0.25, 0.3) is 0 Å². The lowest BCUT2D eigenvalue weighted by Gasteiger charge is -2.36. The van der Waals surface area contributed by atoms with Gasteiger partial charge in [-0.2, -0.15) is 0 Å². The Kier molecular flexibility index (Phi) is 5.00. The number of amides is 2. The number of anilines is 1. The van der Waals surface area contributed by atoms with Gasteiger partial charge in [-0.15, -0.1) is 0 Å². The first-order valence-corrected chi connectivity index (χ1v) is 8.75. The van der Waals surface area contributed by atoms with Crippen LogP contribution in [-0.4, -0.2) is 23.3 Å². The lowest BCUT2D eigenvalue weighted by atomic mass is 9.90. The predicted molar refractivity (Wildman–Crippen MR) is 97.7 cm³/mol. The van der Waals surface area contributed by atoms with Gasteiger partial charge in [-0.3, -0.25) is 9.59 Å². The van der Waals surface area contributed by atoms with E-state index in [0.29, 0.717) is 6.54 Å². The molecule has 1 heterocycles. The van der Waals surface area contributed by atoms with Crippen LogP contribution < -0.4 is 5.32 Å². The van der Waals surface area contributed by atoms with Crippen LogP contribution in [0.15, 0.2) is 53.0 Å². The third-order valence-electron chi connectivity index (χ3n) is 4.34. The average Bonchev–Trinajstić information content (AvgIpc) is 2.57. The van der Waals surface area contributed by atoms with Crippen LogP contribution in [-0.2, 0) is 16.0 Å². The summed E-state index contributed by atoms with van der Waals surface area (Å²) in [4.78, 5) is 26.3. The van der Waals surface area contributed by atoms with Crippen LogP contribution in [0.2, 0.25) is 0 Å². The van der Waals surface area contributed by atoms with Crippen molar-refractivity contribution in [3.05, 3.63) is 64.1 Å². The molecule has 0 bridgehead atoms. The summed E-state index contributed by atoms with van der Waals surface area (Å²) in [6.07, 6.45) is 1.08. The lowest BCUT2D eigenvalue weighted by molar-refractivity contribution is -0.132. The Labute approximate surface area is 150 Å². The molecule has 0 fully saturated rings. The molecule has 0 aromatic heterocycles. The van der Waals surface area contributed by atoms with E-state index in [4.69, 9.17) is 0 Å². The van der Waals surface area contributed by atoms with E-state index in [9.17, 15) is 9.59 Å². The minimum absolute atomic E-state index is 0.00296. The Hall–Kier alpha value is -2.14. The SMILES string of the molecule is CC(=O)N1CCc2ccccc2C1CC(=O)Nc1ccccc1Br. The molecule has 2 aromatic rings. The van der Waals surface area contributed by atoms with Crippen molar-refractivity contribution in [1.82, 2.24) is 4.90 Å². The van der Waals surface area contributed by atoms with E-state index in [2.05, 4.69) is 27.3 Å². The highest BCUT2D eigenvalue weighted by Crippen LogP contribution is 2.33. The molecule has 24 heavy (non-hydrogen) atoms. The molecule has 124 valence electrons. The lowest BCUT2D eigenvalue weighted by Crippen LogP contribution is -2.40. The molecule has 0 radical (unpaired) electrons. The molecular formula is C19H19BrN2O2. The van der Waals surface area contributed by atoms with Gasteiger partial charge in [-0.1, -0.05) is 36.4 Å². The molecule has 2 amide bonds. The fourth-order valence-electron chi connectivity index (χ4n) is 3.19. The van der Waals surface area contributed by atoms with Crippen LogP contribution in [0.25, 0.3) is 0 Å². The van der Waals surface area contributed by atoms with E-state index in [0.717, 1.165) is 22.1 Å². The van der Waals surface area contributed by atoms with E-state index < -0.39 is 0 Å². The Balaban J connectivity index is 1.82. The van der Waals surface area contributed by atoms with Gasteiger partial charge in [0.05, 0.1) is 18.2 Å². The molecule has 1 aliphatic rings. The third-order valence-corrected chi connectivity index (χ3v) is 5.04. The van der Waals surface area contributed by atoms with Gasteiger partial charge in [0.15, 0.2) is 0 Å². The molecule has 4 nitrogen and oxygen atoms in total. The monoisotopic (exact) mass is 386 g/mol. The maximum Gasteiger partial charge on any atom is 0.226 e. The summed E-state index contributed by atoms with van der Waals surface area (Å²) in [5.74, 6) is -0.0990. The fourth-order valence-corrected chi connectivity index (χ4v) is 3.57. The Morgan fingerprint density at radius 1 is 1.17 bits per heavy atom. The van der Waals surface area contributed by atoms with Crippen molar-refractivity contribution in [3.8, 4) is 0 Å². The zero-order chi connectivity index (χ0) is 17.1. The number of rotatable bonds is 3. The molecule has 1 aliphatic heterocycles. The molecule has 5 heteroatoms. The standard InChI is InChI=1S/C19H19BrN2O2/c1-13(23)22-11-10-14-6-2-3-7-15(14)18(22)12-19(24)21-17-9-5-4-8-16(17)20/h2-9,18H,10-12H2,1H3,(H,21,24). The number of para-hydroxylation sites is 1. The van der Waals surface area contributed by atoms with Crippen molar-refractivity contribution in [2.75, 3.05) is 11.9 Å². The van der Waals surface area contributed by atoms with E-state index >= 15 is 0 Å². The van der Waals surface area contributed by atoms with Crippen molar-refractivity contribution in [2.24, 2.45) is 0 Å². The number of halogens is 1. The fraction of sp³-hybridized carbons (Fsp3) is 0.263. The molecule has 1 atom stereocenters. The van der Waals surface area contributed by atoms with E-state index in [1.165, 1.54) is 5.56 Å². The predicted octanol–water partition coefficient (Wildman–Crippen LogP) is 3.92. The number of carbonyl (C=O) groups excluding carboxylic acids is 2. The summed E-state index contributed by atoms with van der Waals surface area (Å²) in [6.45, 7) is 2.21. The molecule has 0 aliphatic carbocycles. The second-order valence-electron chi connectivity index (χ2n) is 5.91. The number of nitrogens with zero attached hydrogens (tertiary/aromatic N) is 1. The highest BCUT2D eigenvalue weighted by atomic mass is 79.9. The second kappa shape index (κ2) is 7.18. The van der Waals surface area contributed by atoms with Gasteiger partial charge in [-0.25, -0.2) is 0 Å². The maximum absolute atomic E-state index is 12.5. The van der Waals surface area contributed by atoms with Crippen LogP contribution in [0.3, 0.4) is 0 Å². The normalized spacial score (nSPS) is 16.4. The molecule has 0 spiro atoms. The number of carbonyl (C=O) groups is 2. The van der Waals surface area contributed by atoms with Crippen molar-refractivity contribution in [1.29, 1.82) is 0 Å². The first-order chi connectivity index (χ1) is 11.6. The van der Waals surface area contributed by atoms with Gasteiger partial charge in [0, 0.05) is 17.9 Å². The number of benzene rings is 2.